The van der Waals surface area contributed by atoms with Gasteiger partial charge in [-0.25, -0.2) is 0 Å². The van der Waals surface area contributed by atoms with Crippen LogP contribution in [0.15, 0.2) is 24.5 Å². The van der Waals surface area contributed by atoms with Gasteiger partial charge in [0.2, 0.25) is 5.91 Å². The molecule has 2 rings (SSSR count). The standard InChI is InChI=1S/C13H18N4OS/c1-10(18)16-6-8-17(9-7-16)12(13(14)19)11-2-4-15-5-3-11/h2-5,12H,6-9H2,1H3,(H2,14,19). The molecule has 1 aliphatic rings. The highest BCUT2D eigenvalue weighted by Gasteiger charge is 2.27. The Kier molecular flexibility index (Phi) is 4.44. The maximum absolute atomic E-state index is 11.3. The number of thiocarbonyl (C=S) groups is 1. The zero-order valence-electron chi connectivity index (χ0n) is 11.0. The van der Waals surface area contributed by atoms with Gasteiger partial charge in [-0.1, -0.05) is 12.2 Å². The molecule has 102 valence electrons. The van der Waals surface area contributed by atoms with Crippen molar-refractivity contribution in [3.63, 3.8) is 0 Å². The first kappa shape index (κ1) is 13.9. The monoisotopic (exact) mass is 278 g/mol. The molecule has 2 heterocycles. The van der Waals surface area contributed by atoms with Gasteiger partial charge in [-0.15, -0.1) is 0 Å². The molecule has 6 heteroatoms. The van der Waals surface area contributed by atoms with Crippen LogP contribution in [0.4, 0.5) is 0 Å². The van der Waals surface area contributed by atoms with Crippen LogP contribution in [-0.4, -0.2) is 51.9 Å². The first-order valence-corrected chi connectivity index (χ1v) is 6.69. The number of amides is 1. The van der Waals surface area contributed by atoms with Crippen LogP contribution in [0.2, 0.25) is 0 Å². The molecule has 1 saturated heterocycles. The van der Waals surface area contributed by atoms with E-state index in [0.717, 1.165) is 31.7 Å². The van der Waals surface area contributed by atoms with Crippen LogP contribution in [0.3, 0.4) is 0 Å². The molecule has 5 nitrogen and oxygen atoms in total. The van der Waals surface area contributed by atoms with Crippen molar-refractivity contribution in [1.29, 1.82) is 0 Å². The Morgan fingerprint density at radius 1 is 1.32 bits per heavy atom. The lowest BCUT2D eigenvalue weighted by Crippen LogP contribution is -2.51. The predicted molar refractivity (Wildman–Crippen MR) is 77.6 cm³/mol. The lowest BCUT2D eigenvalue weighted by molar-refractivity contribution is -0.130. The smallest absolute Gasteiger partial charge is 0.219 e. The molecule has 1 unspecified atom stereocenters. The second-order valence-corrected chi connectivity index (χ2v) is 5.10. The van der Waals surface area contributed by atoms with E-state index >= 15 is 0 Å². The lowest BCUT2D eigenvalue weighted by atomic mass is 10.1. The van der Waals surface area contributed by atoms with Gasteiger partial charge in [0, 0.05) is 45.5 Å². The average Bonchev–Trinajstić information content (AvgIpc) is 2.40. The number of nitrogens with two attached hydrogens (primary N) is 1. The summed E-state index contributed by atoms with van der Waals surface area (Å²) in [7, 11) is 0. The molecule has 1 aromatic rings. The summed E-state index contributed by atoms with van der Waals surface area (Å²) < 4.78 is 0. The van der Waals surface area contributed by atoms with Crippen molar-refractivity contribution in [1.82, 2.24) is 14.8 Å². The van der Waals surface area contributed by atoms with Crippen molar-refractivity contribution in [2.45, 2.75) is 13.0 Å². The highest BCUT2D eigenvalue weighted by Crippen LogP contribution is 2.22. The second kappa shape index (κ2) is 6.08. The molecule has 0 radical (unpaired) electrons. The maximum Gasteiger partial charge on any atom is 0.219 e. The van der Waals surface area contributed by atoms with Crippen LogP contribution >= 0.6 is 12.2 Å². The molecule has 0 aliphatic carbocycles. The SMILES string of the molecule is CC(=O)N1CCN(C(C(N)=S)c2ccncc2)CC1. The number of pyridine rings is 1. The largest absolute Gasteiger partial charge is 0.392 e. The molecule has 2 N–H and O–H groups in total. The summed E-state index contributed by atoms with van der Waals surface area (Å²) in [5.41, 5.74) is 6.94. The summed E-state index contributed by atoms with van der Waals surface area (Å²) >= 11 is 5.20. The van der Waals surface area contributed by atoms with Gasteiger partial charge < -0.3 is 10.6 Å². The fraction of sp³-hybridized carbons (Fsp3) is 0.462. The fourth-order valence-electron chi connectivity index (χ4n) is 2.40. The number of rotatable bonds is 3. The Labute approximate surface area is 118 Å². The Morgan fingerprint density at radius 2 is 1.89 bits per heavy atom. The van der Waals surface area contributed by atoms with Gasteiger partial charge >= 0.3 is 0 Å². The molecule has 1 fully saturated rings. The summed E-state index contributed by atoms with van der Waals surface area (Å²) in [6, 6.07) is 3.79. The van der Waals surface area contributed by atoms with Crippen LogP contribution in [0, 0.1) is 0 Å². The Hall–Kier alpha value is -1.53. The third-order valence-corrected chi connectivity index (χ3v) is 3.64. The summed E-state index contributed by atoms with van der Waals surface area (Å²) in [5.74, 6) is 0.121. The molecule has 1 aromatic heterocycles. The van der Waals surface area contributed by atoms with Gasteiger partial charge in [0.15, 0.2) is 0 Å². The second-order valence-electron chi connectivity index (χ2n) is 4.63. The van der Waals surface area contributed by atoms with Crippen molar-refractivity contribution >= 4 is 23.1 Å². The lowest BCUT2D eigenvalue weighted by Gasteiger charge is -2.38. The first-order valence-electron chi connectivity index (χ1n) is 6.28. The Bertz CT molecular complexity index is 457. The van der Waals surface area contributed by atoms with E-state index in [1.165, 1.54) is 0 Å². The minimum Gasteiger partial charge on any atom is -0.392 e. The summed E-state index contributed by atoms with van der Waals surface area (Å²) in [5, 5.41) is 0. The maximum atomic E-state index is 11.3. The van der Waals surface area contributed by atoms with Crippen molar-refractivity contribution in [2.75, 3.05) is 26.2 Å². The van der Waals surface area contributed by atoms with E-state index in [1.54, 1.807) is 19.3 Å². The highest BCUT2D eigenvalue weighted by molar-refractivity contribution is 7.80. The van der Waals surface area contributed by atoms with Gasteiger partial charge in [0.25, 0.3) is 0 Å². The number of hydrogen-bond acceptors (Lipinski definition) is 4. The highest BCUT2D eigenvalue weighted by atomic mass is 32.1. The molecule has 0 saturated carbocycles. The quantitative estimate of drug-likeness (QED) is 0.819. The van der Waals surface area contributed by atoms with Crippen LogP contribution in [-0.2, 0) is 4.79 Å². The molecule has 19 heavy (non-hydrogen) atoms. The molecular weight excluding hydrogens is 260 g/mol. The van der Waals surface area contributed by atoms with Crippen LogP contribution in [0.5, 0.6) is 0 Å². The molecular formula is C13H18N4OS. The zero-order valence-corrected chi connectivity index (χ0v) is 11.8. The van der Waals surface area contributed by atoms with Crippen molar-refractivity contribution in [3.05, 3.63) is 30.1 Å². The van der Waals surface area contributed by atoms with Crippen LogP contribution < -0.4 is 5.73 Å². The minimum absolute atomic E-state index is 0.0768. The van der Waals surface area contributed by atoms with E-state index in [2.05, 4.69) is 9.88 Å². The molecule has 1 aliphatic heterocycles. The first-order chi connectivity index (χ1) is 9.09. The molecule has 0 spiro atoms. The summed E-state index contributed by atoms with van der Waals surface area (Å²) in [4.78, 5) is 19.9. The van der Waals surface area contributed by atoms with Gasteiger partial charge in [-0.3, -0.25) is 14.7 Å². The number of nitrogens with zero attached hydrogens (tertiary/aromatic N) is 3. The van der Waals surface area contributed by atoms with Gasteiger partial charge in [-0.05, 0) is 17.7 Å². The number of carbonyl (C=O) groups excluding carboxylic acids is 1. The normalized spacial score (nSPS) is 18.1. The number of carbonyl (C=O) groups is 1. The van der Waals surface area contributed by atoms with Crippen molar-refractivity contribution < 1.29 is 4.79 Å². The van der Waals surface area contributed by atoms with E-state index in [4.69, 9.17) is 18.0 Å². The topological polar surface area (TPSA) is 62.5 Å². The molecule has 0 aromatic carbocycles. The zero-order chi connectivity index (χ0) is 13.8. The minimum atomic E-state index is -0.0768. The molecule has 0 bridgehead atoms. The van der Waals surface area contributed by atoms with E-state index in [-0.39, 0.29) is 11.9 Å². The van der Waals surface area contributed by atoms with Crippen molar-refractivity contribution in [2.24, 2.45) is 5.73 Å². The third kappa shape index (κ3) is 3.27. The third-order valence-electron chi connectivity index (χ3n) is 3.42. The Balaban J connectivity index is 2.10. The van der Waals surface area contributed by atoms with E-state index < -0.39 is 0 Å². The number of hydrogen-bond donors (Lipinski definition) is 1. The average molecular weight is 278 g/mol. The van der Waals surface area contributed by atoms with E-state index in [0.29, 0.717) is 4.99 Å². The van der Waals surface area contributed by atoms with Crippen LogP contribution in [0.25, 0.3) is 0 Å². The molecule has 1 atom stereocenters. The number of aromatic nitrogens is 1. The number of piperazine rings is 1. The Morgan fingerprint density at radius 3 is 2.37 bits per heavy atom. The summed E-state index contributed by atoms with van der Waals surface area (Å²) in [6.45, 7) is 4.61. The van der Waals surface area contributed by atoms with Gasteiger partial charge in [-0.2, -0.15) is 0 Å². The van der Waals surface area contributed by atoms with Gasteiger partial charge in [0.1, 0.15) is 0 Å². The van der Waals surface area contributed by atoms with E-state index in [9.17, 15) is 4.79 Å². The van der Waals surface area contributed by atoms with Gasteiger partial charge in [0.05, 0.1) is 11.0 Å². The predicted octanol–water partition coefficient (Wildman–Crippen LogP) is 0.573. The fourth-order valence-corrected chi connectivity index (χ4v) is 2.68. The van der Waals surface area contributed by atoms with Crippen LogP contribution in [0.1, 0.15) is 18.5 Å². The summed E-state index contributed by atoms with van der Waals surface area (Å²) in [6.07, 6.45) is 3.48. The van der Waals surface area contributed by atoms with Crippen molar-refractivity contribution in [3.8, 4) is 0 Å². The van der Waals surface area contributed by atoms with E-state index in [1.807, 2.05) is 17.0 Å². The molecule has 1 amide bonds.